The molecule has 0 heterocycles. The zero-order chi connectivity index (χ0) is 23.6. The minimum Gasteiger partial charge on any atom is -0.457 e. The Hall–Kier alpha value is -3.16. The van der Waals surface area contributed by atoms with E-state index in [-0.39, 0.29) is 5.56 Å². The molecular weight excluding hydrogens is 454 g/mol. The van der Waals surface area contributed by atoms with Crippen LogP contribution in [0.15, 0.2) is 46.5 Å². The third-order valence-corrected chi connectivity index (χ3v) is 4.86. The molecule has 0 radical (unpaired) electrons. The number of nitrogens with zero attached hydrogens (tertiary/aromatic N) is 2. The van der Waals surface area contributed by atoms with Crippen LogP contribution in [0.4, 0.5) is 26.3 Å². The minimum atomic E-state index is -5.06. The van der Waals surface area contributed by atoms with Gasteiger partial charge >= 0.3 is 12.4 Å². The Morgan fingerprint density at radius 1 is 1.06 bits per heavy atom. The van der Waals surface area contributed by atoms with Crippen LogP contribution in [-0.2, 0) is 28.6 Å². The van der Waals surface area contributed by atoms with Gasteiger partial charge in [-0.2, -0.15) is 26.3 Å². The van der Waals surface area contributed by atoms with E-state index in [4.69, 9.17) is 15.7 Å². The molecule has 2 rings (SSSR count). The van der Waals surface area contributed by atoms with E-state index in [2.05, 4.69) is 10.6 Å². The molecule has 0 amide bonds. The number of sulfone groups is 1. The molecule has 0 aromatic heterocycles. The number of halogens is 6. The predicted molar refractivity (Wildman–Crippen MR) is 96.0 cm³/mol. The molecule has 14 heteroatoms. The number of nitrogens with one attached hydrogen (secondary N) is 2. The molecule has 0 unspecified atom stereocenters. The van der Waals surface area contributed by atoms with Gasteiger partial charge in [0.05, 0.1) is 16.0 Å². The lowest BCUT2D eigenvalue weighted by Gasteiger charge is -2.17. The van der Waals surface area contributed by atoms with Crippen LogP contribution in [0.5, 0.6) is 11.5 Å². The van der Waals surface area contributed by atoms with E-state index < -0.39 is 62.0 Å². The van der Waals surface area contributed by atoms with Gasteiger partial charge in [0.15, 0.2) is 9.84 Å². The molecule has 0 saturated heterocycles. The zero-order valence-corrected chi connectivity index (χ0v) is 16.3. The van der Waals surface area contributed by atoms with Crippen LogP contribution in [0.1, 0.15) is 16.7 Å². The molecule has 0 aliphatic carbocycles. The van der Waals surface area contributed by atoms with Crippen LogP contribution >= 0.6 is 0 Å². The van der Waals surface area contributed by atoms with Gasteiger partial charge in [-0.25, -0.2) is 13.6 Å². The topological polar surface area (TPSA) is 118 Å². The molecule has 168 valence electrons. The van der Waals surface area contributed by atoms with Crippen molar-refractivity contribution in [3.05, 3.63) is 58.5 Å². The van der Waals surface area contributed by atoms with Crippen LogP contribution < -0.4 is 4.74 Å². The average Bonchev–Trinajstić information content (AvgIpc) is 2.59. The number of hydrogen-bond acceptors (Lipinski definition) is 6. The first-order chi connectivity index (χ1) is 14.1. The van der Waals surface area contributed by atoms with Gasteiger partial charge in [0, 0.05) is 18.5 Å². The van der Waals surface area contributed by atoms with E-state index in [9.17, 15) is 34.8 Å². The van der Waals surface area contributed by atoms with E-state index in [1.54, 1.807) is 0 Å². The highest BCUT2D eigenvalue weighted by atomic mass is 32.2. The molecule has 0 saturated carbocycles. The predicted octanol–water partition coefficient (Wildman–Crippen LogP) is 5.76. The lowest BCUT2D eigenvalue weighted by atomic mass is 10.1. The lowest BCUT2D eigenvalue weighted by Crippen LogP contribution is -2.10. The van der Waals surface area contributed by atoms with Crippen LogP contribution in [0.3, 0.4) is 0 Å². The molecular formula is C17H13F6N4O3S-. The van der Waals surface area contributed by atoms with Gasteiger partial charge in [0.25, 0.3) is 0 Å². The maximum atomic E-state index is 13.4. The highest BCUT2D eigenvalue weighted by Crippen LogP contribution is 2.41. The highest BCUT2D eigenvalue weighted by Gasteiger charge is 2.36. The third kappa shape index (κ3) is 6.41. The largest absolute Gasteiger partial charge is 0.457 e. The number of ether oxygens (including phenoxy) is 1. The monoisotopic (exact) mass is 467 g/mol. The van der Waals surface area contributed by atoms with Gasteiger partial charge in [0.1, 0.15) is 11.5 Å². The number of alkyl halides is 6. The first-order valence-electron chi connectivity index (χ1n) is 8.06. The number of benzene rings is 2. The smallest absolute Gasteiger partial charge is 0.420 e. The van der Waals surface area contributed by atoms with Gasteiger partial charge in [-0.3, -0.25) is 5.43 Å². The lowest BCUT2D eigenvalue weighted by molar-refractivity contribution is -0.139. The molecule has 0 spiro atoms. The van der Waals surface area contributed by atoms with Crippen LogP contribution in [-0.4, -0.2) is 20.5 Å². The standard InChI is InChI=1S/C17H13F6N4O3S/c1-31(28,29)12-2-3-14(13(8-12)17(21,22)23)30-11-5-9(6-15(24)26-27-25)4-10(7-11)16(18,19)20/h2-5,7-8H,6H2,1H3,(H2-,24,25,26)/q-1. The number of hydrogen-bond donors (Lipinski definition) is 2. The van der Waals surface area contributed by atoms with Crippen molar-refractivity contribution in [3.8, 4) is 11.5 Å². The Kier molecular flexibility index (Phi) is 6.63. The highest BCUT2D eigenvalue weighted by molar-refractivity contribution is 7.90. The first kappa shape index (κ1) is 24.1. The molecule has 2 N–H and O–H groups in total. The van der Waals surface area contributed by atoms with Crippen molar-refractivity contribution in [2.75, 3.05) is 6.26 Å². The summed E-state index contributed by atoms with van der Waals surface area (Å²) in [5, 5.41) is 10.0. The van der Waals surface area contributed by atoms with Gasteiger partial charge in [-0.15, -0.1) is 0 Å². The Morgan fingerprint density at radius 2 is 1.71 bits per heavy atom. The molecule has 2 aromatic rings. The van der Waals surface area contributed by atoms with Crippen LogP contribution in [0.25, 0.3) is 5.43 Å². The summed E-state index contributed by atoms with van der Waals surface area (Å²) in [5.41, 5.74) is 6.66. The first-order valence-corrected chi connectivity index (χ1v) is 9.95. The van der Waals surface area contributed by atoms with E-state index >= 15 is 0 Å². The summed E-state index contributed by atoms with van der Waals surface area (Å²) in [6.45, 7) is 0. The summed E-state index contributed by atoms with van der Waals surface area (Å²) in [6, 6.07) is 3.92. The maximum absolute atomic E-state index is 13.4. The fourth-order valence-corrected chi connectivity index (χ4v) is 3.10. The SMILES string of the molecule is CS(=O)(=O)c1ccc(Oc2cc(CC(=N)[N-]N=N)cc(C(F)(F)F)c2)c(C(F)(F)F)c1. The Labute approximate surface area is 171 Å². The van der Waals surface area contributed by atoms with Gasteiger partial charge in [0.2, 0.25) is 0 Å². The van der Waals surface area contributed by atoms with Crippen LogP contribution in [0, 0.1) is 10.9 Å². The summed E-state index contributed by atoms with van der Waals surface area (Å²) in [4.78, 5) is -0.647. The van der Waals surface area contributed by atoms with E-state index in [1.807, 2.05) is 0 Å². The molecule has 2 aromatic carbocycles. The second-order valence-corrected chi connectivity index (χ2v) is 8.23. The molecule has 0 fully saturated rings. The molecule has 31 heavy (non-hydrogen) atoms. The Morgan fingerprint density at radius 3 is 2.23 bits per heavy atom. The van der Waals surface area contributed by atoms with Crippen molar-refractivity contribution in [1.82, 2.24) is 0 Å². The minimum absolute atomic E-state index is 0.177. The second-order valence-electron chi connectivity index (χ2n) is 6.22. The van der Waals surface area contributed by atoms with Crippen molar-refractivity contribution in [2.24, 2.45) is 5.22 Å². The molecule has 0 atom stereocenters. The summed E-state index contributed by atoms with van der Waals surface area (Å²) in [6.07, 6.45) is -9.73. The number of rotatable bonds is 6. The third-order valence-electron chi connectivity index (χ3n) is 3.75. The maximum Gasteiger partial charge on any atom is 0.420 e. The van der Waals surface area contributed by atoms with Gasteiger partial charge < -0.3 is 15.7 Å². The van der Waals surface area contributed by atoms with Gasteiger partial charge in [-0.1, -0.05) is 0 Å². The summed E-state index contributed by atoms with van der Waals surface area (Å²) < 4.78 is 108. The quantitative estimate of drug-likeness (QED) is 0.185. The van der Waals surface area contributed by atoms with Gasteiger partial charge in [-0.05, 0) is 42.0 Å². The van der Waals surface area contributed by atoms with E-state index in [0.29, 0.717) is 30.5 Å². The summed E-state index contributed by atoms with van der Waals surface area (Å²) >= 11 is 0. The zero-order valence-electron chi connectivity index (χ0n) is 15.5. The fourth-order valence-electron chi connectivity index (χ4n) is 2.45. The summed E-state index contributed by atoms with van der Waals surface area (Å²) in [5.74, 6) is -2.10. The van der Waals surface area contributed by atoms with E-state index in [1.165, 1.54) is 0 Å². The fraction of sp³-hybridized carbons (Fsp3) is 0.235. The van der Waals surface area contributed by atoms with Crippen molar-refractivity contribution in [3.63, 3.8) is 0 Å². The summed E-state index contributed by atoms with van der Waals surface area (Å²) in [7, 11) is -3.99. The Balaban J connectivity index is 2.56. The number of amidine groups is 1. The normalized spacial score (nSPS) is 12.4. The molecule has 0 aliphatic rings. The van der Waals surface area contributed by atoms with Crippen molar-refractivity contribution < 1.29 is 39.5 Å². The molecule has 0 bridgehead atoms. The molecule has 7 nitrogen and oxygen atoms in total. The second kappa shape index (κ2) is 8.53. The molecule has 0 aliphatic heterocycles. The van der Waals surface area contributed by atoms with Crippen molar-refractivity contribution >= 4 is 15.7 Å². The van der Waals surface area contributed by atoms with Crippen molar-refractivity contribution in [1.29, 1.82) is 10.9 Å². The van der Waals surface area contributed by atoms with Crippen LogP contribution in [0.2, 0.25) is 0 Å². The average molecular weight is 467 g/mol. The van der Waals surface area contributed by atoms with E-state index in [0.717, 1.165) is 12.1 Å². The Bertz CT molecular complexity index is 1110. The van der Waals surface area contributed by atoms with Crippen molar-refractivity contribution in [2.45, 2.75) is 23.7 Å².